The highest BCUT2D eigenvalue weighted by atomic mass is 32.3. The summed E-state index contributed by atoms with van der Waals surface area (Å²) in [5, 5.41) is 0. The summed E-state index contributed by atoms with van der Waals surface area (Å²) >= 11 is 0. The Kier molecular flexibility index (Phi) is 5.31. The average molecular weight is 306 g/mol. The SMILES string of the molecule is CC(C)(C)OS(=O)(=O)OOS(=O)(=O)OC(C)(C)C. The molecule has 0 spiro atoms. The minimum Gasteiger partial charge on any atom is -0.241 e. The van der Waals surface area contributed by atoms with Crippen LogP contribution < -0.4 is 0 Å². The van der Waals surface area contributed by atoms with Crippen LogP contribution >= 0.6 is 0 Å². The standard InChI is InChI=1S/C8H18O8S2/c1-7(2,3)13-17(9,10)15-16-18(11,12)14-8(4,5)6/h1-6H3. The number of hydrogen-bond acceptors (Lipinski definition) is 8. The zero-order valence-electron chi connectivity index (χ0n) is 11.1. The molecular formula is C8H18O8S2. The van der Waals surface area contributed by atoms with Gasteiger partial charge in [0.05, 0.1) is 11.2 Å². The van der Waals surface area contributed by atoms with Crippen molar-refractivity contribution in [2.75, 3.05) is 0 Å². The Morgan fingerprint density at radius 2 is 0.833 bits per heavy atom. The quantitative estimate of drug-likeness (QED) is 0.548. The van der Waals surface area contributed by atoms with Crippen LogP contribution in [0.5, 0.6) is 0 Å². The fourth-order valence-corrected chi connectivity index (χ4v) is 2.53. The molecule has 0 aliphatic heterocycles. The van der Waals surface area contributed by atoms with Crippen molar-refractivity contribution >= 4 is 20.8 Å². The van der Waals surface area contributed by atoms with Crippen molar-refractivity contribution in [2.45, 2.75) is 52.7 Å². The molecule has 0 heterocycles. The lowest BCUT2D eigenvalue weighted by atomic mass is 10.2. The first-order valence-electron chi connectivity index (χ1n) is 4.91. The van der Waals surface area contributed by atoms with Crippen molar-refractivity contribution < 1.29 is 33.9 Å². The summed E-state index contributed by atoms with van der Waals surface area (Å²) in [6, 6.07) is 0. The van der Waals surface area contributed by atoms with E-state index in [1.165, 1.54) is 41.5 Å². The summed E-state index contributed by atoms with van der Waals surface area (Å²) in [6.45, 7) is 8.63. The lowest BCUT2D eigenvalue weighted by Gasteiger charge is -2.19. The molecule has 0 fully saturated rings. The third-order valence-electron chi connectivity index (χ3n) is 0.899. The molecule has 0 saturated carbocycles. The molecule has 0 radical (unpaired) electrons. The predicted molar refractivity (Wildman–Crippen MR) is 61.7 cm³/mol. The molecule has 0 aliphatic rings. The van der Waals surface area contributed by atoms with Crippen LogP contribution in [0.15, 0.2) is 0 Å². The summed E-state index contributed by atoms with van der Waals surface area (Å²) < 4.78 is 61.1. The van der Waals surface area contributed by atoms with Gasteiger partial charge in [0.2, 0.25) is 0 Å². The van der Waals surface area contributed by atoms with Crippen LogP contribution in [0.1, 0.15) is 41.5 Å². The molecule has 110 valence electrons. The first-order valence-corrected chi connectivity index (χ1v) is 7.57. The highest BCUT2D eigenvalue weighted by Gasteiger charge is 2.29. The van der Waals surface area contributed by atoms with E-state index in [4.69, 9.17) is 0 Å². The molecule has 0 rings (SSSR count). The monoisotopic (exact) mass is 306 g/mol. The first-order chi connectivity index (χ1) is 7.62. The van der Waals surface area contributed by atoms with Crippen LogP contribution in [-0.2, 0) is 37.8 Å². The Hall–Kier alpha value is -0.260. The molecule has 18 heavy (non-hydrogen) atoms. The zero-order valence-corrected chi connectivity index (χ0v) is 12.7. The molecule has 0 saturated heterocycles. The third kappa shape index (κ3) is 9.74. The summed E-state index contributed by atoms with van der Waals surface area (Å²) in [6.07, 6.45) is 0. The summed E-state index contributed by atoms with van der Waals surface area (Å²) in [5.41, 5.74) is -2.17. The van der Waals surface area contributed by atoms with Gasteiger partial charge in [0.1, 0.15) is 0 Å². The van der Waals surface area contributed by atoms with E-state index in [2.05, 4.69) is 17.0 Å². The van der Waals surface area contributed by atoms with Crippen LogP contribution in [0.4, 0.5) is 0 Å². The van der Waals surface area contributed by atoms with E-state index in [9.17, 15) is 16.8 Å². The smallest absolute Gasteiger partial charge is 0.241 e. The normalized spacial score (nSPS) is 14.8. The second-order valence-corrected chi connectivity index (χ2v) is 7.58. The average Bonchev–Trinajstić information content (AvgIpc) is 1.91. The largest absolute Gasteiger partial charge is 0.428 e. The van der Waals surface area contributed by atoms with E-state index < -0.39 is 32.0 Å². The predicted octanol–water partition coefficient (Wildman–Crippen LogP) is 1.05. The van der Waals surface area contributed by atoms with E-state index in [1.807, 2.05) is 0 Å². The maximum Gasteiger partial charge on any atom is 0.428 e. The number of hydrogen-bond donors (Lipinski definition) is 0. The Morgan fingerprint density at radius 1 is 0.611 bits per heavy atom. The van der Waals surface area contributed by atoms with Gasteiger partial charge in [0, 0.05) is 0 Å². The molecule has 0 unspecified atom stereocenters. The second-order valence-electron chi connectivity index (χ2n) is 5.34. The molecule has 0 aromatic carbocycles. The van der Waals surface area contributed by atoms with Crippen LogP contribution in [0.25, 0.3) is 0 Å². The molecule has 0 aromatic heterocycles. The van der Waals surface area contributed by atoms with Crippen molar-refractivity contribution in [3.63, 3.8) is 0 Å². The van der Waals surface area contributed by atoms with Crippen molar-refractivity contribution in [3.8, 4) is 0 Å². The van der Waals surface area contributed by atoms with Gasteiger partial charge >= 0.3 is 20.8 Å². The van der Waals surface area contributed by atoms with E-state index in [1.54, 1.807) is 0 Å². The second kappa shape index (κ2) is 5.39. The topological polar surface area (TPSA) is 105 Å². The van der Waals surface area contributed by atoms with Crippen molar-refractivity contribution in [2.24, 2.45) is 0 Å². The van der Waals surface area contributed by atoms with Gasteiger partial charge < -0.3 is 0 Å². The van der Waals surface area contributed by atoms with Gasteiger partial charge in [-0.3, -0.25) is 0 Å². The molecule has 0 bridgehead atoms. The Labute approximate surface area is 108 Å². The van der Waals surface area contributed by atoms with Gasteiger partial charge in [-0.05, 0) is 41.5 Å². The van der Waals surface area contributed by atoms with Gasteiger partial charge in [-0.1, -0.05) is 8.67 Å². The third-order valence-corrected chi connectivity index (χ3v) is 2.86. The summed E-state index contributed by atoms with van der Waals surface area (Å²) in [5.74, 6) is 0. The highest BCUT2D eigenvalue weighted by Crippen LogP contribution is 2.17. The minimum absolute atomic E-state index is 1.09. The Balaban J connectivity index is 4.60. The zero-order chi connectivity index (χ0) is 14.8. The van der Waals surface area contributed by atoms with Crippen LogP contribution in [-0.4, -0.2) is 28.0 Å². The van der Waals surface area contributed by atoms with Gasteiger partial charge in [0.15, 0.2) is 0 Å². The van der Waals surface area contributed by atoms with Crippen molar-refractivity contribution in [1.82, 2.24) is 0 Å². The van der Waals surface area contributed by atoms with Gasteiger partial charge in [-0.2, -0.15) is 16.8 Å². The lowest BCUT2D eigenvalue weighted by molar-refractivity contribution is -0.124. The van der Waals surface area contributed by atoms with E-state index in [0.717, 1.165) is 0 Å². The van der Waals surface area contributed by atoms with Crippen molar-refractivity contribution in [3.05, 3.63) is 0 Å². The first kappa shape index (κ1) is 17.7. The Morgan fingerprint density at radius 3 is 1.00 bits per heavy atom. The fraction of sp³-hybridized carbons (Fsp3) is 1.00. The molecular weight excluding hydrogens is 288 g/mol. The summed E-state index contributed by atoms with van der Waals surface area (Å²) in [4.78, 5) is 0. The van der Waals surface area contributed by atoms with Crippen LogP contribution in [0.2, 0.25) is 0 Å². The lowest BCUT2D eigenvalue weighted by Crippen LogP contribution is -2.29. The molecule has 8 nitrogen and oxygen atoms in total. The van der Waals surface area contributed by atoms with Crippen LogP contribution in [0.3, 0.4) is 0 Å². The van der Waals surface area contributed by atoms with Crippen molar-refractivity contribution in [1.29, 1.82) is 0 Å². The minimum atomic E-state index is -4.61. The molecule has 0 aromatic rings. The Bertz CT molecular complexity index is 416. The van der Waals surface area contributed by atoms with E-state index in [-0.39, 0.29) is 0 Å². The van der Waals surface area contributed by atoms with Gasteiger partial charge in [-0.25, -0.2) is 8.37 Å². The maximum absolute atomic E-state index is 11.2. The van der Waals surface area contributed by atoms with Crippen LogP contribution in [0, 0.1) is 0 Å². The maximum atomic E-state index is 11.2. The van der Waals surface area contributed by atoms with E-state index in [0.29, 0.717) is 0 Å². The number of rotatable bonds is 5. The molecule has 10 heteroatoms. The molecule has 0 atom stereocenters. The highest BCUT2D eigenvalue weighted by molar-refractivity contribution is 7.84. The summed E-state index contributed by atoms with van der Waals surface area (Å²) in [7, 11) is -9.22. The molecule has 0 amide bonds. The molecule has 0 aliphatic carbocycles. The van der Waals surface area contributed by atoms with E-state index >= 15 is 0 Å². The van der Waals surface area contributed by atoms with Gasteiger partial charge in [0.25, 0.3) is 0 Å². The molecule has 0 N–H and O–H groups in total. The fourth-order valence-electron chi connectivity index (χ4n) is 0.708. The van der Waals surface area contributed by atoms with Gasteiger partial charge in [-0.15, -0.1) is 0 Å².